The van der Waals surface area contributed by atoms with Gasteiger partial charge >= 0.3 is 0 Å². The molecule has 0 bridgehead atoms. The summed E-state index contributed by atoms with van der Waals surface area (Å²) in [5, 5.41) is 16.3. The van der Waals surface area contributed by atoms with Crippen molar-refractivity contribution in [3.05, 3.63) is 23.8 Å². The van der Waals surface area contributed by atoms with Gasteiger partial charge in [-0.15, -0.1) is 23.5 Å². The predicted octanol–water partition coefficient (Wildman–Crippen LogP) is 3.41. The molecule has 0 aliphatic carbocycles. The van der Waals surface area contributed by atoms with E-state index in [1.165, 1.54) is 4.90 Å². The van der Waals surface area contributed by atoms with E-state index < -0.39 is 0 Å². The molecule has 15 heavy (non-hydrogen) atoms. The molecule has 0 unspecified atom stereocenters. The summed E-state index contributed by atoms with van der Waals surface area (Å²) in [6.07, 6.45) is 4.19. The molecule has 4 heteroatoms. The normalized spacial score (nSPS) is 9.67. The molecule has 1 aromatic rings. The number of nitrogens with one attached hydrogen (secondary N) is 1. The Kier molecular flexibility index (Phi) is 4.73. The molecule has 0 saturated carbocycles. The predicted molar refractivity (Wildman–Crippen MR) is 67.1 cm³/mol. The Balaban J connectivity index is 3.08. The SMILES string of the molecule is CSc1ccc(C(=N)CC#N)c(SC)c1. The topological polar surface area (TPSA) is 47.6 Å². The average Bonchev–Trinajstić information content (AvgIpc) is 2.28. The van der Waals surface area contributed by atoms with E-state index in [0.717, 1.165) is 10.5 Å². The Labute approximate surface area is 98.6 Å². The van der Waals surface area contributed by atoms with Gasteiger partial charge in [-0.05, 0) is 24.6 Å². The summed E-state index contributed by atoms with van der Waals surface area (Å²) in [6, 6.07) is 7.99. The Bertz CT molecular complexity index is 408. The highest BCUT2D eigenvalue weighted by atomic mass is 32.2. The van der Waals surface area contributed by atoms with Crippen LogP contribution in [0.5, 0.6) is 0 Å². The third-order valence-electron chi connectivity index (χ3n) is 1.99. The minimum atomic E-state index is 0.173. The van der Waals surface area contributed by atoms with Crippen LogP contribution >= 0.6 is 23.5 Å². The van der Waals surface area contributed by atoms with Crippen LogP contribution in [0, 0.1) is 16.7 Å². The van der Waals surface area contributed by atoms with Crippen LogP contribution in [0.4, 0.5) is 0 Å². The quantitative estimate of drug-likeness (QED) is 0.643. The number of rotatable bonds is 4. The third kappa shape index (κ3) is 3.01. The average molecular weight is 236 g/mol. The molecule has 0 spiro atoms. The van der Waals surface area contributed by atoms with Gasteiger partial charge < -0.3 is 5.41 Å². The van der Waals surface area contributed by atoms with E-state index in [1.54, 1.807) is 23.5 Å². The lowest BCUT2D eigenvalue weighted by Gasteiger charge is -2.08. The molecular formula is C11H12N2S2. The van der Waals surface area contributed by atoms with Crippen molar-refractivity contribution < 1.29 is 0 Å². The Morgan fingerprint density at radius 2 is 2.13 bits per heavy atom. The summed E-state index contributed by atoms with van der Waals surface area (Å²) >= 11 is 3.30. The standard InChI is InChI=1S/C11H12N2S2/c1-14-8-3-4-9(10(13)5-6-12)11(7-8)15-2/h3-4,7,13H,5H2,1-2H3. The number of nitrogens with zero attached hydrogens (tertiary/aromatic N) is 1. The fourth-order valence-electron chi connectivity index (χ4n) is 1.22. The lowest BCUT2D eigenvalue weighted by atomic mass is 10.1. The van der Waals surface area contributed by atoms with Crippen LogP contribution in [0.2, 0.25) is 0 Å². The molecular weight excluding hydrogens is 224 g/mol. The number of hydrogen-bond donors (Lipinski definition) is 1. The summed E-state index contributed by atoms with van der Waals surface area (Å²) in [4.78, 5) is 2.26. The molecule has 0 saturated heterocycles. The second-order valence-electron chi connectivity index (χ2n) is 2.88. The van der Waals surface area contributed by atoms with Crippen molar-refractivity contribution in [1.29, 1.82) is 10.7 Å². The smallest absolute Gasteiger partial charge is 0.0774 e. The van der Waals surface area contributed by atoms with Gasteiger partial charge in [-0.1, -0.05) is 6.07 Å². The van der Waals surface area contributed by atoms with E-state index in [2.05, 4.69) is 6.07 Å². The Morgan fingerprint density at radius 3 is 2.67 bits per heavy atom. The third-order valence-corrected chi connectivity index (χ3v) is 3.49. The number of hydrogen-bond acceptors (Lipinski definition) is 4. The highest BCUT2D eigenvalue weighted by Gasteiger charge is 2.07. The fourth-order valence-corrected chi connectivity index (χ4v) is 2.39. The van der Waals surface area contributed by atoms with E-state index in [0.29, 0.717) is 5.71 Å². The van der Waals surface area contributed by atoms with Gasteiger partial charge in [0.2, 0.25) is 0 Å². The first-order valence-electron chi connectivity index (χ1n) is 4.39. The summed E-state index contributed by atoms with van der Waals surface area (Å²) < 4.78 is 0. The maximum Gasteiger partial charge on any atom is 0.0774 e. The first-order chi connectivity index (χ1) is 7.22. The molecule has 1 aromatic carbocycles. The number of benzene rings is 1. The van der Waals surface area contributed by atoms with E-state index in [9.17, 15) is 0 Å². The summed E-state index contributed by atoms with van der Waals surface area (Å²) in [7, 11) is 0. The molecule has 0 fully saturated rings. The van der Waals surface area contributed by atoms with Crippen LogP contribution in [0.1, 0.15) is 12.0 Å². The summed E-state index contributed by atoms with van der Waals surface area (Å²) in [5.41, 5.74) is 1.27. The van der Waals surface area contributed by atoms with Crippen LogP contribution in [-0.2, 0) is 0 Å². The van der Waals surface area contributed by atoms with Gasteiger partial charge in [0.1, 0.15) is 0 Å². The Hall–Kier alpha value is -0.920. The maximum absolute atomic E-state index is 8.56. The zero-order chi connectivity index (χ0) is 11.3. The second-order valence-corrected chi connectivity index (χ2v) is 4.61. The zero-order valence-electron chi connectivity index (χ0n) is 8.70. The minimum Gasteiger partial charge on any atom is -0.304 e. The lowest BCUT2D eigenvalue weighted by molar-refractivity contribution is 1.26. The van der Waals surface area contributed by atoms with Crippen LogP contribution in [-0.4, -0.2) is 18.2 Å². The maximum atomic E-state index is 8.56. The molecule has 0 amide bonds. The Morgan fingerprint density at radius 1 is 1.40 bits per heavy atom. The van der Waals surface area contributed by atoms with E-state index >= 15 is 0 Å². The molecule has 2 nitrogen and oxygen atoms in total. The first-order valence-corrected chi connectivity index (χ1v) is 6.84. The van der Waals surface area contributed by atoms with Gasteiger partial charge in [-0.3, -0.25) is 0 Å². The van der Waals surface area contributed by atoms with E-state index in [-0.39, 0.29) is 6.42 Å². The van der Waals surface area contributed by atoms with Crippen LogP contribution in [0.3, 0.4) is 0 Å². The van der Waals surface area contributed by atoms with Crippen molar-refractivity contribution in [2.45, 2.75) is 16.2 Å². The monoisotopic (exact) mass is 236 g/mol. The van der Waals surface area contributed by atoms with Gasteiger partial charge in [0, 0.05) is 15.4 Å². The van der Waals surface area contributed by atoms with Gasteiger partial charge in [0.05, 0.1) is 18.2 Å². The van der Waals surface area contributed by atoms with Crippen molar-refractivity contribution >= 4 is 29.2 Å². The largest absolute Gasteiger partial charge is 0.304 e. The van der Waals surface area contributed by atoms with E-state index in [1.807, 2.05) is 30.7 Å². The second kappa shape index (κ2) is 5.84. The van der Waals surface area contributed by atoms with Crippen LogP contribution < -0.4 is 0 Å². The summed E-state index contributed by atoms with van der Waals surface area (Å²) in [5.74, 6) is 0. The summed E-state index contributed by atoms with van der Waals surface area (Å²) in [6.45, 7) is 0. The number of thioether (sulfide) groups is 2. The van der Waals surface area contributed by atoms with Crippen molar-refractivity contribution in [1.82, 2.24) is 0 Å². The molecule has 0 aromatic heterocycles. The van der Waals surface area contributed by atoms with E-state index in [4.69, 9.17) is 10.7 Å². The van der Waals surface area contributed by atoms with Crippen LogP contribution in [0.15, 0.2) is 28.0 Å². The van der Waals surface area contributed by atoms with Crippen molar-refractivity contribution in [3.63, 3.8) is 0 Å². The molecule has 1 N–H and O–H groups in total. The van der Waals surface area contributed by atoms with Gasteiger partial charge in [-0.2, -0.15) is 5.26 Å². The van der Waals surface area contributed by atoms with Gasteiger partial charge in [0.15, 0.2) is 0 Å². The highest BCUT2D eigenvalue weighted by Crippen LogP contribution is 2.26. The van der Waals surface area contributed by atoms with Crippen molar-refractivity contribution in [3.8, 4) is 6.07 Å². The lowest BCUT2D eigenvalue weighted by Crippen LogP contribution is -1.99. The van der Waals surface area contributed by atoms with Crippen molar-refractivity contribution in [2.24, 2.45) is 0 Å². The zero-order valence-corrected chi connectivity index (χ0v) is 10.3. The van der Waals surface area contributed by atoms with Gasteiger partial charge in [-0.25, -0.2) is 0 Å². The molecule has 0 radical (unpaired) electrons. The molecule has 0 aliphatic heterocycles. The van der Waals surface area contributed by atoms with Crippen molar-refractivity contribution in [2.75, 3.05) is 12.5 Å². The molecule has 0 atom stereocenters. The first kappa shape index (κ1) is 12.2. The minimum absolute atomic E-state index is 0.173. The molecule has 0 aliphatic rings. The highest BCUT2D eigenvalue weighted by molar-refractivity contribution is 7.99. The molecule has 0 heterocycles. The van der Waals surface area contributed by atoms with Crippen LogP contribution in [0.25, 0.3) is 0 Å². The van der Waals surface area contributed by atoms with Gasteiger partial charge in [0.25, 0.3) is 0 Å². The molecule has 1 rings (SSSR count). The number of nitriles is 1. The molecule has 78 valence electrons. The fraction of sp³-hybridized carbons (Fsp3) is 0.273.